The molecule has 3 aromatic heterocycles. The van der Waals surface area contributed by atoms with Gasteiger partial charge in [0.15, 0.2) is 5.65 Å². The molecule has 1 aromatic carbocycles. The number of benzene rings is 1. The second-order valence-electron chi connectivity index (χ2n) is 8.27. The predicted molar refractivity (Wildman–Crippen MR) is 127 cm³/mol. The maximum atomic E-state index is 13.2. The van der Waals surface area contributed by atoms with Crippen molar-refractivity contribution in [1.29, 1.82) is 0 Å². The lowest BCUT2D eigenvalue weighted by Gasteiger charge is -2.32. The summed E-state index contributed by atoms with van der Waals surface area (Å²) in [5.41, 5.74) is 9.39. The minimum atomic E-state index is -3.55. The molecule has 0 unspecified atom stereocenters. The van der Waals surface area contributed by atoms with Crippen LogP contribution in [0.4, 0.5) is 11.8 Å². The summed E-state index contributed by atoms with van der Waals surface area (Å²) in [6.07, 6.45) is 5.13. The van der Waals surface area contributed by atoms with Crippen molar-refractivity contribution < 1.29 is 8.42 Å². The third-order valence-electron chi connectivity index (χ3n) is 5.97. The number of sulfonamides is 1. The van der Waals surface area contributed by atoms with Gasteiger partial charge in [0.25, 0.3) is 0 Å². The average Bonchev–Trinajstić information content (AvgIpc) is 3.21. The number of pyridine rings is 2. The van der Waals surface area contributed by atoms with Crippen LogP contribution >= 0.6 is 0 Å². The van der Waals surface area contributed by atoms with Gasteiger partial charge >= 0.3 is 0 Å². The van der Waals surface area contributed by atoms with Crippen LogP contribution in [0.2, 0.25) is 0 Å². The number of rotatable bonds is 5. The fraction of sp³-hybridized carbons (Fsp3) is 0.261. The van der Waals surface area contributed by atoms with Gasteiger partial charge in [0.2, 0.25) is 16.0 Å². The normalized spacial score (nSPS) is 15.7. The largest absolute Gasteiger partial charge is 0.368 e. The summed E-state index contributed by atoms with van der Waals surface area (Å²) in [4.78, 5) is 4.68. The summed E-state index contributed by atoms with van der Waals surface area (Å²) in [7, 11) is -3.55. The van der Waals surface area contributed by atoms with E-state index in [0.29, 0.717) is 29.6 Å². The molecule has 33 heavy (non-hydrogen) atoms. The molecule has 170 valence electrons. The van der Waals surface area contributed by atoms with Crippen LogP contribution in [0.15, 0.2) is 65.8 Å². The Labute approximate surface area is 192 Å². The van der Waals surface area contributed by atoms with E-state index in [4.69, 9.17) is 5.73 Å². The number of piperidine rings is 1. The SMILES string of the molecule is Cc1ccc(NC2CCN(S(=O)(=O)c3ccc(-c4ccc5nnc(N)n5c4)cc3)CC2)nc1. The standard InChI is InChI=1S/C23H25N7O2S/c1-16-2-8-21(25-14-16)26-19-10-12-29(13-11-19)33(31,32)20-6-3-17(4-7-20)18-5-9-22-27-28-23(24)30(22)15-18/h2-9,14-15,19H,10-13H2,1H3,(H2,24,28)(H,25,26). The first-order valence-electron chi connectivity index (χ1n) is 10.8. The maximum Gasteiger partial charge on any atom is 0.243 e. The number of aryl methyl sites for hydroxylation is 1. The Hall–Kier alpha value is -3.50. The number of nitrogen functional groups attached to an aromatic ring is 1. The second-order valence-corrected chi connectivity index (χ2v) is 10.2. The maximum absolute atomic E-state index is 13.2. The van der Waals surface area contributed by atoms with E-state index in [1.165, 1.54) is 0 Å². The lowest BCUT2D eigenvalue weighted by Crippen LogP contribution is -2.42. The zero-order valence-electron chi connectivity index (χ0n) is 18.2. The number of nitrogens with one attached hydrogen (secondary N) is 1. The number of nitrogens with two attached hydrogens (primary N) is 1. The van der Waals surface area contributed by atoms with E-state index in [-0.39, 0.29) is 6.04 Å². The van der Waals surface area contributed by atoms with Gasteiger partial charge in [-0.25, -0.2) is 13.4 Å². The van der Waals surface area contributed by atoms with Gasteiger partial charge < -0.3 is 11.1 Å². The fourth-order valence-electron chi connectivity index (χ4n) is 4.05. The first-order chi connectivity index (χ1) is 15.9. The Bertz CT molecular complexity index is 1370. The molecule has 4 heterocycles. The molecule has 0 spiro atoms. The molecule has 1 saturated heterocycles. The van der Waals surface area contributed by atoms with Crippen LogP contribution in [0.25, 0.3) is 16.8 Å². The Morgan fingerprint density at radius 3 is 2.39 bits per heavy atom. The molecule has 5 rings (SSSR count). The topological polar surface area (TPSA) is 119 Å². The highest BCUT2D eigenvalue weighted by Crippen LogP contribution is 2.26. The van der Waals surface area contributed by atoms with Gasteiger partial charge in [0, 0.05) is 31.5 Å². The Kier molecular flexibility index (Phi) is 5.47. The Balaban J connectivity index is 1.27. The third kappa shape index (κ3) is 4.27. The first kappa shape index (κ1) is 21.4. The molecule has 3 N–H and O–H groups in total. The van der Waals surface area contributed by atoms with Crippen LogP contribution in [-0.2, 0) is 10.0 Å². The monoisotopic (exact) mass is 463 g/mol. The van der Waals surface area contributed by atoms with E-state index in [0.717, 1.165) is 35.3 Å². The van der Waals surface area contributed by atoms with E-state index >= 15 is 0 Å². The summed E-state index contributed by atoms with van der Waals surface area (Å²) in [6, 6.07) is 14.8. The number of nitrogens with zero attached hydrogens (tertiary/aromatic N) is 5. The van der Waals surface area contributed by atoms with E-state index in [2.05, 4.69) is 20.5 Å². The molecule has 9 nitrogen and oxygen atoms in total. The highest BCUT2D eigenvalue weighted by molar-refractivity contribution is 7.89. The van der Waals surface area contributed by atoms with Gasteiger partial charge in [-0.05, 0) is 66.8 Å². The lowest BCUT2D eigenvalue weighted by molar-refractivity contribution is 0.329. The molecule has 0 saturated carbocycles. The molecule has 4 aromatic rings. The van der Waals surface area contributed by atoms with E-state index < -0.39 is 10.0 Å². The zero-order valence-corrected chi connectivity index (χ0v) is 19.0. The van der Waals surface area contributed by atoms with Gasteiger partial charge in [-0.15, -0.1) is 10.2 Å². The van der Waals surface area contributed by atoms with Gasteiger partial charge in [-0.1, -0.05) is 18.2 Å². The highest BCUT2D eigenvalue weighted by atomic mass is 32.2. The Morgan fingerprint density at radius 2 is 1.70 bits per heavy atom. The molecule has 1 aliphatic heterocycles. The zero-order chi connectivity index (χ0) is 23.0. The van der Waals surface area contributed by atoms with Gasteiger partial charge in [-0.3, -0.25) is 4.40 Å². The van der Waals surface area contributed by atoms with Crippen LogP contribution in [0.5, 0.6) is 0 Å². The highest BCUT2D eigenvalue weighted by Gasteiger charge is 2.29. The van der Waals surface area contributed by atoms with Crippen molar-refractivity contribution >= 4 is 27.4 Å². The minimum absolute atomic E-state index is 0.203. The minimum Gasteiger partial charge on any atom is -0.368 e. The summed E-state index contributed by atoms with van der Waals surface area (Å²) in [5, 5.41) is 11.2. The van der Waals surface area contributed by atoms with Crippen molar-refractivity contribution in [2.75, 3.05) is 24.1 Å². The molecule has 1 fully saturated rings. The molecule has 0 atom stereocenters. The van der Waals surface area contributed by atoms with Crippen LogP contribution in [0.1, 0.15) is 18.4 Å². The second kappa shape index (κ2) is 8.45. The molecule has 0 amide bonds. The average molecular weight is 464 g/mol. The van der Waals surface area contributed by atoms with Crippen molar-refractivity contribution in [3.05, 3.63) is 66.5 Å². The van der Waals surface area contributed by atoms with Gasteiger partial charge in [0.1, 0.15) is 5.82 Å². The van der Waals surface area contributed by atoms with Crippen molar-refractivity contribution in [3.63, 3.8) is 0 Å². The number of fused-ring (bicyclic) bond motifs is 1. The van der Waals surface area contributed by atoms with Crippen LogP contribution < -0.4 is 11.1 Å². The van der Waals surface area contributed by atoms with Crippen LogP contribution in [0, 0.1) is 6.92 Å². The first-order valence-corrected chi connectivity index (χ1v) is 12.2. The molecular weight excluding hydrogens is 438 g/mol. The Morgan fingerprint density at radius 1 is 0.970 bits per heavy atom. The van der Waals surface area contributed by atoms with Crippen molar-refractivity contribution in [3.8, 4) is 11.1 Å². The number of aromatic nitrogens is 4. The summed E-state index contributed by atoms with van der Waals surface area (Å²) in [5.74, 6) is 1.13. The van der Waals surface area contributed by atoms with Gasteiger partial charge in [0.05, 0.1) is 4.90 Å². The van der Waals surface area contributed by atoms with E-state index in [1.807, 2.05) is 55.7 Å². The number of hydrogen-bond acceptors (Lipinski definition) is 7. The summed E-state index contributed by atoms with van der Waals surface area (Å²) in [6.45, 7) is 2.94. The molecule has 1 aliphatic rings. The van der Waals surface area contributed by atoms with E-state index in [9.17, 15) is 8.42 Å². The van der Waals surface area contributed by atoms with Crippen molar-refractivity contribution in [1.82, 2.24) is 23.9 Å². The smallest absolute Gasteiger partial charge is 0.243 e. The number of hydrogen-bond donors (Lipinski definition) is 2. The van der Waals surface area contributed by atoms with Gasteiger partial charge in [-0.2, -0.15) is 4.31 Å². The molecule has 0 bridgehead atoms. The van der Waals surface area contributed by atoms with E-state index in [1.54, 1.807) is 20.8 Å². The van der Waals surface area contributed by atoms with Crippen LogP contribution in [-0.4, -0.2) is 51.4 Å². The molecule has 0 radical (unpaired) electrons. The van der Waals surface area contributed by atoms with Crippen molar-refractivity contribution in [2.24, 2.45) is 0 Å². The predicted octanol–water partition coefficient (Wildman–Crippen LogP) is 2.95. The molecular formula is C23H25N7O2S. The molecule has 10 heteroatoms. The summed E-state index contributed by atoms with van der Waals surface area (Å²) < 4.78 is 29.6. The molecule has 0 aliphatic carbocycles. The quantitative estimate of drug-likeness (QED) is 0.467. The van der Waals surface area contributed by atoms with Crippen molar-refractivity contribution in [2.45, 2.75) is 30.7 Å². The number of anilines is 2. The third-order valence-corrected chi connectivity index (χ3v) is 7.88. The lowest BCUT2D eigenvalue weighted by atomic mass is 10.1. The summed E-state index contributed by atoms with van der Waals surface area (Å²) >= 11 is 0. The fourth-order valence-corrected chi connectivity index (χ4v) is 5.52. The van der Waals surface area contributed by atoms with Crippen LogP contribution in [0.3, 0.4) is 0 Å².